The smallest absolute Gasteiger partial charge is 0.123 e. The fraction of sp³-hybridized carbons (Fsp3) is 0.500. The Morgan fingerprint density at radius 1 is 1.33 bits per heavy atom. The minimum absolute atomic E-state index is 0.537. The number of anilines is 1. The number of imidazole rings is 1. The van der Waals surface area contributed by atoms with E-state index in [9.17, 15) is 0 Å². The summed E-state index contributed by atoms with van der Waals surface area (Å²) in [5.74, 6) is 1.79. The van der Waals surface area contributed by atoms with Gasteiger partial charge in [-0.1, -0.05) is 6.92 Å². The number of nitrogens with zero attached hydrogens (tertiary/aromatic N) is 4. The molecule has 1 fully saturated rings. The summed E-state index contributed by atoms with van der Waals surface area (Å²) in [4.78, 5) is 11.0. The van der Waals surface area contributed by atoms with Crippen molar-refractivity contribution in [3.8, 4) is 0 Å². The summed E-state index contributed by atoms with van der Waals surface area (Å²) < 4.78 is 2.35. The van der Waals surface area contributed by atoms with Crippen molar-refractivity contribution in [3.63, 3.8) is 0 Å². The molecule has 3 heterocycles. The molecule has 2 aromatic rings. The van der Waals surface area contributed by atoms with E-state index in [4.69, 9.17) is 5.73 Å². The molecule has 21 heavy (non-hydrogen) atoms. The summed E-state index contributed by atoms with van der Waals surface area (Å²) in [6.45, 7) is 5.33. The number of likely N-dealkylation sites (tertiary alicyclic amines) is 1. The van der Waals surface area contributed by atoms with Crippen LogP contribution in [-0.4, -0.2) is 32.5 Å². The summed E-state index contributed by atoms with van der Waals surface area (Å²) in [6, 6.07) is 4.56. The highest BCUT2D eigenvalue weighted by Crippen LogP contribution is 2.24. The van der Waals surface area contributed by atoms with Crippen LogP contribution in [0, 0.1) is 0 Å². The zero-order chi connectivity index (χ0) is 14.7. The first-order valence-corrected chi connectivity index (χ1v) is 7.70. The first-order chi connectivity index (χ1) is 10.3. The third-order valence-electron chi connectivity index (χ3n) is 4.19. The number of hydrogen-bond donors (Lipinski definition) is 1. The molecule has 0 spiro atoms. The molecule has 0 aliphatic carbocycles. The van der Waals surface area contributed by atoms with Crippen LogP contribution < -0.4 is 5.73 Å². The molecule has 2 N–H and O–H groups in total. The van der Waals surface area contributed by atoms with Gasteiger partial charge in [-0.2, -0.15) is 0 Å². The highest BCUT2D eigenvalue weighted by atomic mass is 15.2. The van der Waals surface area contributed by atoms with Gasteiger partial charge < -0.3 is 10.3 Å². The number of nitrogens with two attached hydrogens (primary N) is 1. The van der Waals surface area contributed by atoms with Crippen molar-refractivity contribution in [2.45, 2.75) is 38.8 Å². The molecule has 0 unspecified atom stereocenters. The molecular formula is C16H23N5. The van der Waals surface area contributed by atoms with E-state index in [1.54, 1.807) is 6.20 Å². The van der Waals surface area contributed by atoms with Crippen LogP contribution in [0.2, 0.25) is 0 Å². The molecule has 1 saturated heterocycles. The predicted molar refractivity (Wildman–Crippen MR) is 83.8 cm³/mol. The van der Waals surface area contributed by atoms with Gasteiger partial charge in [0.25, 0.3) is 0 Å². The van der Waals surface area contributed by atoms with Crippen LogP contribution in [0.15, 0.2) is 30.7 Å². The van der Waals surface area contributed by atoms with E-state index in [1.807, 2.05) is 12.3 Å². The van der Waals surface area contributed by atoms with E-state index in [-0.39, 0.29) is 0 Å². The van der Waals surface area contributed by atoms with E-state index >= 15 is 0 Å². The number of rotatable bonds is 4. The second kappa shape index (κ2) is 6.26. The SMILES string of the molecule is CCc1nccn1[C@H]1CCCN(Cc2ccnc(N)c2)C1. The number of aromatic nitrogens is 3. The van der Waals surface area contributed by atoms with E-state index in [2.05, 4.69) is 38.6 Å². The summed E-state index contributed by atoms with van der Waals surface area (Å²) in [5.41, 5.74) is 7.00. The lowest BCUT2D eigenvalue weighted by Gasteiger charge is -2.34. The Hall–Kier alpha value is -1.88. The standard InChI is InChI=1S/C16H23N5/c1-2-16-19-7-9-21(16)14-4-3-8-20(12-14)11-13-5-6-18-15(17)10-13/h5-7,9-10,14H,2-4,8,11-12H2,1H3,(H2,17,18)/t14-/m0/s1. The minimum atomic E-state index is 0.537. The lowest BCUT2D eigenvalue weighted by atomic mass is 10.0. The first kappa shape index (κ1) is 14.1. The van der Waals surface area contributed by atoms with Crippen molar-refractivity contribution in [2.75, 3.05) is 18.8 Å². The van der Waals surface area contributed by atoms with Crippen LogP contribution in [0.4, 0.5) is 5.82 Å². The van der Waals surface area contributed by atoms with Crippen molar-refractivity contribution < 1.29 is 0 Å². The Morgan fingerprint density at radius 2 is 2.24 bits per heavy atom. The van der Waals surface area contributed by atoms with E-state index < -0.39 is 0 Å². The maximum absolute atomic E-state index is 5.76. The van der Waals surface area contributed by atoms with Gasteiger partial charge in [0.1, 0.15) is 11.6 Å². The molecule has 1 aliphatic rings. The number of hydrogen-bond acceptors (Lipinski definition) is 4. The Balaban J connectivity index is 1.68. The Labute approximate surface area is 125 Å². The molecular weight excluding hydrogens is 262 g/mol. The maximum Gasteiger partial charge on any atom is 0.123 e. The monoisotopic (exact) mass is 285 g/mol. The van der Waals surface area contributed by atoms with Gasteiger partial charge in [0.05, 0.1) is 0 Å². The highest BCUT2D eigenvalue weighted by Gasteiger charge is 2.22. The summed E-state index contributed by atoms with van der Waals surface area (Å²) in [5, 5.41) is 0. The zero-order valence-electron chi connectivity index (χ0n) is 12.6. The van der Waals surface area contributed by atoms with Crippen LogP contribution >= 0.6 is 0 Å². The quantitative estimate of drug-likeness (QED) is 0.936. The maximum atomic E-state index is 5.76. The molecule has 1 aliphatic heterocycles. The number of pyridine rings is 1. The van der Waals surface area contributed by atoms with Gasteiger partial charge in [0, 0.05) is 44.1 Å². The topological polar surface area (TPSA) is 60.0 Å². The molecule has 2 aromatic heterocycles. The molecule has 0 radical (unpaired) electrons. The molecule has 0 bridgehead atoms. The van der Waals surface area contributed by atoms with Gasteiger partial charge in [-0.15, -0.1) is 0 Å². The summed E-state index contributed by atoms with van der Waals surface area (Å²) >= 11 is 0. The van der Waals surface area contributed by atoms with Crippen LogP contribution in [0.25, 0.3) is 0 Å². The van der Waals surface area contributed by atoms with Gasteiger partial charge in [-0.3, -0.25) is 4.90 Å². The third-order valence-corrected chi connectivity index (χ3v) is 4.19. The average Bonchev–Trinajstić information content (AvgIpc) is 2.96. The molecule has 3 rings (SSSR count). The van der Waals surface area contributed by atoms with Gasteiger partial charge in [-0.25, -0.2) is 9.97 Å². The second-order valence-electron chi connectivity index (χ2n) is 5.72. The number of aryl methyl sites for hydroxylation is 1. The largest absolute Gasteiger partial charge is 0.384 e. The molecule has 1 atom stereocenters. The fourth-order valence-electron chi connectivity index (χ4n) is 3.20. The molecule has 0 aromatic carbocycles. The first-order valence-electron chi connectivity index (χ1n) is 7.70. The number of nitrogen functional groups attached to an aromatic ring is 1. The van der Waals surface area contributed by atoms with E-state index in [0.29, 0.717) is 11.9 Å². The van der Waals surface area contributed by atoms with Crippen molar-refractivity contribution in [3.05, 3.63) is 42.1 Å². The van der Waals surface area contributed by atoms with Crippen molar-refractivity contribution in [1.29, 1.82) is 0 Å². The van der Waals surface area contributed by atoms with Crippen LogP contribution in [-0.2, 0) is 13.0 Å². The normalized spacial score (nSPS) is 19.8. The van der Waals surface area contributed by atoms with Crippen LogP contribution in [0.3, 0.4) is 0 Å². The average molecular weight is 285 g/mol. The van der Waals surface area contributed by atoms with Gasteiger partial charge in [-0.05, 0) is 37.1 Å². The summed E-state index contributed by atoms with van der Waals surface area (Å²) in [7, 11) is 0. The van der Waals surface area contributed by atoms with Crippen LogP contribution in [0.1, 0.15) is 37.2 Å². The molecule has 112 valence electrons. The zero-order valence-corrected chi connectivity index (χ0v) is 12.6. The lowest BCUT2D eigenvalue weighted by Crippen LogP contribution is -2.36. The molecule has 0 amide bonds. The van der Waals surface area contributed by atoms with Gasteiger partial charge in [0.15, 0.2) is 0 Å². The Bertz CT molecular complexity index is 592. The van der Waals surface area contributed by atoms with E-state index in [1.165, 1.54) is 24.2 Å². The fourth-order valence-corrected chi connectivity index (χ4v) is 3.20. The van der Waals surface area contributed by atoms with Gasteiger partial charge in [0.2, 0.25) is 0 Å². The third kappa shape index (κ3) is 3.24. The van der Waals surface area contributed by atoms with E-state index in [0.717, 1.165) is 26.1 Å². The molecule has 5 nitrogen and oxygen atoms in total. The van der Waals surface area contributed by atoms with Crippen LogP contribution in [0.5, 0.6) is 0 Å². The highest BCUT2D eigenvalue weighted by molar-refractivity contribution is 5.31. The van der Waals surface area contributed by atoms with Gasteiger partial charge >= 0.3 is 0 Å². The van der Waals surface area contributed by atoms with Crippen molar-refractivity contribution in [2.24, 2.45) is 0 Å². The van der Waals surface area contributed by atoms with Crippen molar-refractivity contribution >= 4 is 5.82 Å². The van der Waals surface area contributed by atoms with Crippen molar-refractivity contribution in [1.82, 2.24) is 19.4 Å². The Kier molecular flexibility index (Phi) is 4.20. The second-order valence-corrected chi connectivity index (χ2v) is 5.72. The summed E-state index contributed by atoms with van der Waals surface area (Å²) in [6.07, 6.45) is 9.28. The number of piperidine rings is 1. The molecule has 5 heteroatoms. The predicted octanol–water partition coefficient (Wildman–Crippen LogP) is 2.26. The molecule has 0 saturated carbocycles. The lowest BCUT2D eigenvalue weighted by molar-refractivity contribution is 0.168. The minimum Gasteiger partial charge on any atom is -0.384 e. The Morgan fingerprint density at radius 3 is 3.05 bits per heavy atom.